The van der Waals surface area contributed by atoms with Gasteiger partial charge in [-0.15, -0.1) is 0 Å². The van der Waals surface area contributed by atoms with Crippen LogP contribution in [-0.2, 0) is 28.6 Å². The lowest BCUT2D eigenvalue weighted by atomic mass is 10.2. The molecule has 0 atom stereocenters. The number of carbonyl (C=O) groups excluding carboxylic acids is 1. The average Bonchev–Trinajstić information content (AvgIpc) is 3.10. The topological polar surface area (TPSA) is 120 Å². The summed E-state index contributed by atoms with van der Waals surface area (Å²) in [6.45, 7) is 5.14. The van der Waals surface area contributed by atoms with E-state index in [0.717, 1.165) is 6.92 Å². The van der Waals surface area contributed by atoms with Crippen LogP contribution in [-0.4, -0.2) is 42.2 Å². The quantitative estimate of drug-likeness (QED) is 0.634. The number of alkyl halides is 2. The lowest BCUT2D eigenvalue weighted by Crippen LogP contribution is -2.17. The zero-order valence-corrected chi connectivity index (χ0v) is 17.1. The molecule has 0 saturated carbocycles. The second-order valence-corrected chi connectivity index (χ2v) is 7.16. The molecule has 0 unspecified atom stereocenters. The summed E-state index contributed by atoms with van der Waals surface area (Å²) in [5.74, 6) is -2.60. The third kappa shape index (κ3) is 4.63. The molecule has 0 spiro atoms. The summed E-state index contributed by atoms with van der Waals surface area (Å²) in [7, 11) is 0. The van der Waals surface area contributed by atoms with Gasteiger partial charge in [0, 0.05) is 37.9 Å². The highest BCUT2D eigenvalue weighted by Crippen LogP contribution is 2.31. The SMILES string of the molecule is CC(=O)Nc1cc(Nc2cc(C)nc(C(C)(F)F)n2)c(-c2nc3n(n2)CCOC3)cn1. The number of ether oxygens (including phenoxy) is 1. The number of carbonyl (C=O) groups is 1. The molecular weight excluding hydrogens is 410 g/mol. The van der Waals surface area contributed by atoms with Crippen molar-refractivity contribution < 1.29 is 18.3 Å². The average molecular weight is 430 g/mol. The molecule has 162 valence electrons. The summed E-state index contributed by atoms with van der Waals surface area (Å²) in [6.07, 6.45) is 1.50. The first-order valence-corrected chi connectivity index (χ1v) is 9.49. The molecule has 3 aromatic heterocycles. The van der Waals surface area contributed by atoms with Crippen LogP contribution in [0.3, 0.4) is 0 Å². The smallest absolute Gasteiger partial charge is 0.303 e. The van der Waals surface area contributed by atoms with Gasteiger partial charge >= 0.3 is 5.92 Å². The first kappa shape index (κ1) is 20.7. The fourth-order valence-electron chi connectivity index (χ4n) is 3.04. The highest BCUT2D eigenvalue weighted by atomic mass is 19.3. The van der Waals surface area contributed by atoms with E-state index in [1.165, 1.54) is 19.2 Å². The van der Waals surface area contributed by atoms with Crippen LogP contribution in [0.2, 0.25) is 0 Å². The second kappa shape index (κ2) is 7.95. The number of hydrogen-bond acceptors (Lipinski definition) is 8. The number of fused-ring (bicyclic) bond motifs is 1. The Morgan fingerprint density at radius 1 is 1.23 bits per heavy atom. The molecule has 1 aliphatic rings. The number of halogens is 2. The van der Waals surface area contributed by atoms with Crippen LogP contribution in [0.1, 0.15) is 31.2 Å². The molecule has 1 amide bonds. The Kier molecular flexibility index (Phi) is 5.31. The Hall–Kier alpha value is -3.54. The van der Waals surface area contributed by atoms with E-state index >= 15 is 0 Å². The van der Waals surface area contributed by atoms with Gasteiger partial charge in [0.15, 0.2) is 11.6 Å². The fourth-order valence-corrected chi connectivity index (χ4v) is 3.04. The molecule has 0 aromatic carbocycles. The van der Waals surface area contributed by atoms with Crippen molar-refractivity contribution in [2.45, 2.75) is 39.8 Å². The zero-order valence-electron chi connectivity index (χ0n) is 17.1. The monoisotopic (exact) mass is 430 g/mol. The summed E-state index contributed by atoms with van der Waals surface area (Å²) in [4.78, 5) is 27.9. The van der Waals surface area contributed by atoms with Crippen LogP contribution >= 0.6 is 0 Å². The van der Waals surface area contributed by atoms with Crippen molar-refractivity contribution in [2.75, 3.05) is 17.2 Å². The maximum atomic E-state index is 13.8. The minimum Gasteiger partial charge on any atom is -0.372 e. The molecule has 0 radical (unpaired) electrons. The number of rotatable bonds is 5. The predicted molar refractivity (Wildman–Crippen MR) is 107 cm³/mol. The number of amides is 1. The number of hydrogen-bond donors (Lipinski definition) is 2. The summed E-state index contributed by atoms with van der Waals surface area (Å²) in [6, 6.07) is 3.10. The van der Waals surface area contributed by atoms with E-state index in [2.05, 4.69) is 35.7 Å². The fraction of sp³-hybridized carbons (Fsp3) is 0.368. The first-order chi connectivity index (χ1) is 14.7. The van der Waals surface area contributed by atoms with Gasteiger partial charge in [-0.25, -0.2) is 24.6 Å². The number of pyridine rings is 1. The third-order valence-electron chi connectivity index (χ3n) is 4.39. The van der Waals surface area contributed by atoms with Crippen LogP contribution in [0.15, 0.2) is 18.3 Å². The zero-order chi connectivity index (χ0) is 22.2. The number of anilines is 3. The molecule has 31 heavy (non-hydrogen) atoms. The molecule has 4 heterocycles. The van der Waals surface area contributed by atoms with Gasteiger partial charge in [0.05, 0.1) is 24.4 Å². The van der Waals surface area contributed by atoms with E-state index in [4.69, 9.17) is 4.74 Å². The van der Waals surface area contributed by atoms with Gasteiger partial charge < -0.3 is 15.4 Å². The van der Waals surface area contributed by atoms with Crippen molar-refractivity contribution in [2.24, 2.45) is 0 Å². The summed E-state index contributed by atoms with van der Waals surface area (Å²) < 4.78 is 34.7. The maximum absolute atomic E-state index is 13.8. The van der Waals surface area contributed by atoms with E-state index in [1.54, 1.807) is 17.7 Å². The maximum Gasteiger partial charge on any atom is 0.303 e. The molecule has 12 heteroatoms. The lowest BCUT2D eigenvalue weighted by molar-refractivity contribution is -0.114. The highest BCUT2D eigenvalue weighted by molar-refractivity contribution is 5.89. The Labute approximate surface area is 176 Å². The normalized spacial score (nSPS) is 13.6. The third-order valence-corrected chi connectivity index (χ3v) is 4.39. The van der Waals surface area contributed by atoms with E-state index < -0.39 is 11.7 Å². The standard InChI is InChI=1S/C19H20F2N8O2/c1-10-6-15(26-18(23-10)19(3,20)21)25-13-7-14(24-11(2)30)22-8-12(13)17-27-16-9-31-5-4-29(16)28-17/h6-8H,4-5,9H2,1-3H3,(H2,22,23,24,25,26,30). The number of aryl methyl sites for hydroxylation is 1. The van der Waals surface area contributed by atoms with Crippen molar-refractivity contribution >= 4 is 23.2 Å². The van der Waals surface area contributed by atoms with Crippen LogP contribution in [0.5, 0.6) is 0 Å². The van der Waals surface area contributed by atoms with Crippen molar-refractivity contribution in [3.05, 3.63) is 35.7 Å². The van der Waals surface area contributed by atoms with E-state index in [0.29, 0.717) is 48.4 Å². The molecule has 0 aliphatic carbocycles. The Morgan fingerprint density at radius 3 is 2.74 bits per heavy atom. The van der Waals surface area contributed by atoms with E-state index in [1.807, 2.05) is 0 Å². The molecule has 1 aliphatic heterocycles. The summed E-state index contributed by atoms with van der Waals surface area (Å²) in [5.41, 5.74) is 1.32. The summed E-state index contributed by atoms with van der Waals surface area (Å²) >= 11 is 0. The molecule has 0 saturated heterocycles. The Balaban J connectivity index is 1.77. The Bertz CT molecular complexity index is 1120. The van der Waals surface area contributed by atoms with Crippen LogP contribution in [0, 0.1) is 6.92 Å². The molecule has 3 aromatic rings. The van der Waals surface area contributed by atoms with Crippen molar-refractivity contribution in [3.8, 4) is 11.4 Å². The highest BCUT2D eigenvalue weighted by Gasteiger charge is 2.29. The van der Waals surface area contributed by atoms with E-state index in [9.17, 15) is 13.6 Å². The number of nitrogens with zero attached hydrogens (tertiary/aromatic N) is 6. The van der Waals surface area contributed by atoms with Crippen molar-refractivity contribution in [3.63, 3.8) is 0 Å². The van der Waals surface area contributed by atoms with Crippen LogP contribution < -0.4 is 10.6 Å². The van der Waals surface area contributed by atoms with Crippen LogP contribution in [0.25, 0.3) is 11.4 Å². The number of aromatic nitrogens is 6. The number of nitrogens with one attached hydrogen (secondary N) is 2. The molecule has 0 fully saturated rings. The van der Waals surface area contributed by atoms with Crippen molar-refractivity contribution in [1.29, 1.82) is 0 Å². The van der Waals surface area contributed by atoms with Gasteiger partial charge in [-0.3, -0.25) is 4.79 Å². The molecule has 4 rings (SSSR count). The van der Waals surface area contributed by atoms with Crippen molar-refractivity contribution in [1.82, 2.24) is 29.7 Å². The molecule has 10 nitrogen and oxygen atoms in total. The van der Waals surface area contributed by atoms with Crippen LogP contribution in [0.4, 0.5) is 26.1 Å². The largest absolute Gasteiger partial charge is 0.372 e. The summed E-state index contributed by atoms with van der Waals surface area (Å²) in [5, 5.41) is 10.1. The minimum absolute atomic E-state index is 0.164. The molecule has 2 N–H and O–H groups in total. The van der Waals surface area contributed by atoms with Gasteiger partial charge in [-0.1, -0.05) is 0 Å². The van der Waals surface area contributed by atoms with Gasteiger partial charge in [0.1, 0.15) is 18.2 Å². The first-order valence-electron chi connectivity index (χ1n) is 9.49. The van der Waals surface area contributed by atoms with Gasteiger partial charge in [-0.2, -0.15) is 13.9 Å². The molecule has 0 bridgehead atoms. The lowest BCUT2D eigenvalue weighted by Gasteiger charge is -2.14. The van der Waals surface area contributed by atoms with Gasteiger partial charge in [0.2, 0.25) is 11.7 Å². The minimum atomic E-state index is -3.20. The second-order valence-electron chi connectivity index (χ2n) is 7.16. The predicted octanol–water partition coefficient (Wildman–Crippen LogP) is 2.78. The van der Waals surface area contributed by atoms with E-state index in [-0.39, 0.29) is 17.5 Å². The Morgan fingerprint density at radius 2 is 2.03 bits per heavy atom. The van der Waals surface area contributed by atoms with Gasteiger partial charge in [0.25, 0.3) is 0 Å². The molecular formula is C19H20F2N8O2. The van der Waals surface area contributed by atoms with Gasteiger partial charge in [-0.05, 0) is 6.92 Å².